The topological polar surface area (TPSA) is 135 Å². The molecule has 0 saturated heterocycles. The second kappa shape index (κ2) is 11.2. The van der Waals surface area contributed by atoms with Gasteiger partial charge >= 0.3 is 6.09 Å². The molecule has 2 aliphatic rings. The van der Waals surface area contributed by atoms with Crippen molar-refractivity contribution < 1.29 is 28.2 Å². The number of rotatable bonds is 7. The highest BCUT2D eigenvalue weighted by Gasteiger charge is 2.46. The number of amides is 3. The SMILES string of the molecule is Cc1c(C(=O)N(C(=O)OC(C)(C)C)c2cc(Oc3ccc4nc(NC(=O)C5CC5)sc4n3)ccc2F)cccc1C1(C#N)CC1. The van der Waals surface area contributed by atoms with E-state index in [0.717, 1.165) is 18.9 Å². The Morgan fingerprint density at radius 2 is 1.87 bits per heavy atom. The number of halogens is 1. The highest BCUT2D eigenvalue weighted by molar-refractivity contribution is 7.21. The highest BCUT2D eigenvalue weighted by Crippen LogP contribution is 2.49. The zero-order chi connectivity index (χ0) is 32.1. The lowest BCUT2D eigenvalue weighted by Crippen LogP contribution is -2.42. The Balaban J connectivity index is 1.32. The van der Waals surface area contributed by atoms with Crippen LogP contribution in [0, 0.1) is 30.0 Å². The van der Waals surface area contributed by atoms with Crippen LogP contribution in [0.3, 0.4) is 0 Å². The van der Waals surface area contributed by atoms with Crippen LogP contribution in [0.15, 0.2) is 48.5 Å². The molecule has 0 radical (unpaired) electrons. The molecule has 45 heavy (non-hydrogen) atoms. The number of thiazole rings is 1. The van der Waals surface area contributed by atoms with Crippen molar-refractivity contribution >= 4 is 50.4 Å². The van der Waals surface area contributed by atoms with Crippen molar-refractivity contribution in [1.29, 1.82) is 5.26 Å². The number of aromatic nitrogens is 2. The zero-order valence-electron chi connectivity index (χ0n) is 25.1. The molecule has 2 fully saturated rings. The first-order chi connectivity index (χ1) is 21.4. The fourth-order valence-corrected chi connectivity index (χ4v) is 5.81. The summed E-state index contributed by atoms with van der Waals surface area (Å²) in [4.78, 5) is 49.7. The molecule has 0 spiro atoms. The number of anilines is 2. The smallest absolute Gasteiger partial charge is 0.422 e. The van der Waals surface area contributed by atoms with Gasteiger partial charge in [0.05, 0.1) is 17.2 Å². The third kappa shape index (κ3) is 6.21. The van der Waals surface area contributed by atoms with Gasteiger partial charge in [0.2, 0.25) is 11.8 Å². The predicted molar refractivity (Wildman–Crippen MR) is 166 cm³/mol. The summed E-state index contributed by atoms with van der Waals surface area (Å²) >= 11 is 1.20. The molecule has 12 heteroatoms. The van der Waals surface area contributed by atoms with Crippen molar-refractivity contribution in [3.8, 4) is 17.7 Å². The molecule has 0 atom stereocenters. The maximum atomic E-state index is 15.5. The fraction of sp³-hybridized carbons (Fsp3) is 0.333. The van der Waals surface area contributed by atoms with Crippen molar-refractivity contribution in [2.75, 3.05) is 10.2 Å². The maximum absolute atomic E-state index is 15.5. The van der Waals surface area contributed by atoms with E-state index in [1.165, 1.54) is 23.5 Å². The minimum Gasteiger partial charge on any atom is -0.443 e. The van der Waals surface area contributed by atoms with Crippen LogP contribution in [0.1, 0.15) is 67.9 Å². The highest BCUT2D eigenvalue weighted by atomic mass is 32.1. The van der Waals surface area contributed by atoms with Crippen LogP contribution in [-0.2, 0) is 14.9 Å². The van der Waals surface area contributed by atoms with Gasteiger partial charge in [-0.2, -0.15) is 5.26 Å². The standard InChI is InChI=1S/C33H30FN5O5S/c1-18-21(6-5-7-22(18)33(17-35)14-15-33)29(41)39(31(42)44-32(2,3)4)25-16-20(10-11-23(25)34)43-26-13-12-24-28(37-26)45-30(36-24)38-27(40)19-8-9-19/h5-7,10-13,16,19H,8-9,14-15H2,1-4H3,(H,36,38,40). The first-order valence-corrected chi connectivity index (χ1v) is 15.3. The molecule has 4 aromatic rings. The van der Waals surface area contributed by atoms with Gasteiger partial charge in [0.15, 0.2) is 5.13 Å². The number of ether oxygens (including phenoxy) is 2. The third-order valence-electron chi connectivity index (χ3n) is 7.61. The summed E-state index contributed by atoms with van der Waals surface area (Å²) in [6.07, 6.45) is 2.02. The van der Waals surface area contributed by atoms with Crippen LogP contribution in [0.5, 0.6) is 11.6 Å². The molecule has 0 bridgehead atoms. The van der Waals surface area contributed by atoms with Gasteiger partial charge in [0, 0.05) is 23.6 Å². The predicted octanol–water partition coefficient (Wildman–Crippen LogP) is 7.42. The van der Waals surface area contributed by atoms with E-state index in [0.29, 0.717) is 44.3 Å². The molecule has 10 nitrogen and oxygen atoms in total. The number of nitriles is 1. The molecule has 6 rings (SSSR count). The number of benzene rings is 2. The van der Waals surface area contributed by atoms with Crippen LogP contribution in [-0.4, -0.2) is 33.5 Å². The van der Waals surface area contributed by atoms with E-state index in [1.807, 2.05) is 0 Å². The third-order valence-corrected chi connectivity index (χ3v) is 8.49. The monoisotopic (exact) mass is 627 g/mol. The molecule has 230 valence electrons. The van der Waals surface area contributed by atoms with E-state index in [2.05, 4.69) is 21.4 Å². The summed E-state index contributed by atoms with van der Waals surface area (Å²) in [6, 6.07) is 14.3. The van der Waals surface area contributed by atoms with Gasteiger partial charge in [-0.15, -0.1) is 0 Å². The van der Waals surface area contributed by atoms with Gasteiger partial charge in [-0.3, -0.25) is 9.59 Å². The van der Waals surface area contributed by atoms with Crippen molar-refractivity contribution in [2.24, 2.45) is 5.92 Å². The van der Waals surface area contributed by atoms with Gasteiger partial charge < -0.3 is 14.8 Å². The Morgan fingerprint density at radius 1 is 1.11 bits per heavy atom. The molecule has 2 aliphatic carbocycles. The molecule has 2 aromatic heterocycles. The summed E-state index contributed by atoms with van der Waals surface area (Å²) in [5.74, 6) is -1.42. The average molecular weight is 628 g/mol. The molecule has 0 aliphatic heterocycles. The molecular weight excluding hydrogens is 597 g/mol. The number of pyridine rings is 1. The van der Waals surface area contributed by atoms with Crippen molar-refractivity contribution in [3.63, 3.8) is 0 Å². The van der Waals surface area contributed by atoms with E-state index in [1.54, 1.807) is 58.0 Å². The molecular formula is C33H30FN5O5S. The lowest BCUT2D eigenvalue weighted by molar-refractivity contribution is -0.117. The average Bonchev–Trinajstić information content (AvgIpc) is 3.91. The number of hydrogen-bond acceptors (Lipinski definition) is 9. The van der Waals surface area contributed by atoms with Crippen molar-refractivity contribution in [3.05, 3.63) is 71.0 Å². The Hall–Kier alpha value is -4.89. The number of hydrogen-bond donors (Lipinski definition) is 1. The quantitative estimate of drug-likeness (QED) is 0.224. The Kier molecular flexibility index (Phi) is 7.53. The maximum Gasteiger partial charge on any atom is 0.422 e. The molecule has 1 N–H and O–H groups in total. The first kappa shape index (κ1) is 30.1. The number of carbonyl (C=O) groups is 3. The van der Waals surface area contributed by atoms with Crippen molar-refractivity contribution in [1.82, 2.24) is 9.97 Å². The lowest BCUT2D eigenvalue weighted by Gasteiger charge is -2.27. The Morgan fingerprint density at radius 3 is 2.53 bits per heavy atom. The van der Waals surface area contributed by atoms with Crippen molar-refractivity contribution in [2.45, 2.75) is 64.4 Å². The van der Waals surface area contributed by atoms with Crippen LogP contribution >= 0.6 is 11.3 Å². The molecule has 2 heterocycles. The summed E-state index contributed by atoms with van der Waals surface area (Å²) in [6.45, 7) is 6.64. The van der Waals surface area contributed by atoms with Gasteiger partial charge in [0.25, 0.3) is 5.91 Å². The number of imide groups is 1. The summed E-state index contributed by atoms with van der Waals surface area (Å²) < 4.78 is 27.0. The van der Waals surface area contributed by atoms with E-state index in [4.69, 9.17) is 9.47 Å². The van der Waals surface area contributed by atoms with Gasteiger partial charge in [-0.25, -0.2) is 24.1 Å². The van der Waals surface area contributed by atoms with Gasteiger partial charge in [-0.1, -0.05) is 23.5 Å². The Bertz CT molecular complexity index is 1900. The lowest BCUT2D eigenvalue weighted by atomic mass is 9.90. The fourth-order valence-electron chi connectivity index (χ4n) is 4.98. The van der Waals surface area contributed by atoms with E-state index in [-0.39, 0.29) is 34.7 Å². The molecule has 3 amide bonds. The van der Waals surface area contributed by atoms with Crippen LogP contribution in [0.25, 0.3) is 10.3 Å². The molecule has 2 saturated carbocycles. The van der Waals surface area contributed by atoms with E-state index >= 15 is 4.39 Å². The summed E-state index contributed by atoms with van der Waals surface area (Å²) in [7, 11) is 0. The second-order valence-electron chi connectivity index (χ2n) is 12.3. The molecule has 2 aromatic carbocycles. The van der Waals surface area contributed by atoms with Crippen LogP contribution in [0.4, 0.5) is 20.0 Å². The number of fused-ring (bicyclic) bond motifs is 1. The second-order valence-corrected chi connectivity index (χ2v) is 13.2. The normalized spacial score (nSPS) is 15.2. The number of carbonyl (C=O) groups excluding carboxylic acids is 3. The molecule has 0 unspecified atom stereocenters. The van der Waals surface area contributed by atoms with Gasteiger partial charge in [-0.05, 0) is 88.8 Å². The minimum absolute atomic E-state index is 0.0314. The number of nitrogens with one attached hydrogen (secondary N) is 1. The van der Waals surface area contributed by atoms with Gasteiger partial charge in [0.1, 0.15) is 27.5 Å². The minimum atomic E-state index is -1.07. The summed E-state index contributed by atoms with van der Waals surface area (Å²) in [5, 5.41) is 13.0. The van der Waals surface area contributed by atoms with E-state index in [9.17, 15) is 19.6 Å². The Labute approximate surface area is 262 Å². The first-order valence-electron chi connectivity index (χ1n) is 14.5. The van der Waals surface area contributed by atoms with Crippen LogP contribution < -0.4 is 15.0 Å². The van der Waals surface area contributed by atoms with Crippen LogP contribution in [0.2, 0.25) is 0 Å². The largest absolute Gasteiger partial charge is 0.443 e. The summed E-state index contributed by atoms with van der Waals surface area (Å²) in [5.41, 5.74) is -0.0706. The number of nitrogens with zero attached hydrogens (tertiary/aromatic N) is 4. The zero-order valence-corrected chi connectivity index (χ0v) is 26.0. The van der Waals surface area contributed by atoms with E-state index < -0.39 is 28.8 Å².